The van der Waals surface area contributed by atoms with E-state index < -0.39 is 17.5 Å². The zero-order chi connectivity index (χ0) is 19.6. The van der Waals surface area contributed by atoms with Gasteiger partial charge in [0.25, 0.3) is 5.91 Å². The van der Waals surface area contributed by atoms with E-state index >= 15 is 0 Å². The van der Waals surface area contributed by atoms with Crippen molar-refractivity contribution >= 4 is 23.1 Å². The van der Waals surface area contributed by atoms with Crippen LogP contribution in [0.15, 0.2) is 42.5 Å². The topological polar surface area (TPSA) is 66.9 Å². The number of aromatic nitrogens is 2. The minimum atomic E-state index is -0.859. The molecule has 138 valence electrons. The van der Waals surface area contributed by atoms with Crippen LogP contribution in [0.1, 0.15) is 27.4 Å². The predicted molar refractivity (Wildman–Crippen MR) is 100 cm³/mol. The maximum atomic E-state index is 13.7. The number of amides is 1. The lowest BCUT2D eigenvalue weighted by atomic mass is 10.1. The lowest BCUT2D eigenvalue weighted by Gasteiger charge is -2.11. The summed E-state index contributed by atoms with van der Waals surface area (Å²) in [6.07, 6.45) is 0. The van der Waals surface area contributed by atoms with E-state index in [4.69, 9.17) is 0 Å². The number of nitrogens with one attached hydrogen (secondary N) is 2. The molecule has 1 amide bonds. The van der Waals surface area contributed by atoms with Crippen LogP contribution in [0.3, 0.4) is 0 Å². The molecule has 0 aliphatic carbocycles. The molecular weight excluding hydrogens is 350 g/mol. The van der Waals surface area contributed by atoms with Gasteiger partial charge in [-0.25, -0.2) is 18.7 Å². The summed E-state index contributed by atoms with van der Waals surface area (Å²) < 4.78 is 26.7. The Bertz CT molecular complexity index is 1020. The molecule has 5 nitrogen and oxygen atoms in total. The van der Waals surface area contributed by atoms with Crippen LogP contribution in [-0.2, 0) is 0 Å². The van der Waals surface area contributed by atoms with Gasteiger partial charge in [-0.3, -0.25) is 4.79 Å². The Labute approximate surface area is 155 Å². The number of halogens is 2. The second-order valence-electron chi connectivity index (χ2n) is 6.19. The lowest BCUT2D eigenvalue weighted by molar-refractivity contribution is 0.102. The highest BCUT2D eigenvalue weighted by Gasteiger charge is 2.14. The zero-order valence-corrected chi connectivity index (χ0v) is 15.1. The molecular formula is C20H18F2N4O. The van der Waals surface area contributed by atoms with Crippen molar-refractivity contribution in [3.05, 3.63) is 76.7 Å². The van der Waals surface area contributed by atoms with Crippen molar-refractivity contribution < 1.29 is 13.6 Å². The summed E-state index contributed by atoms with van der Waals surface area (Å²) >= 11 is 0. The van der Waals surface area contributed by atoms with Crippen molar-refractivity contribution in [3.8, 4) is 0 Å². The fraction of sp³-hybridized carbons (Fsp3) is 0.150. The summed E-state index contributed by atoms with van der Waals surface area (Å²) in [6.45, 7) is 5.67. The number of hydrogen-bond donors (Lipinski definition) is 2. The molecule has 1 heterocycles. The predicted octanol–water partition coefficient (Wildman–Crippen LogP) is 4.68. The average Bonchev–Trinajstić information content (AvgIpc) is 2.60. The third kappa shape index (κ3) is 4.44. The summed E-state index contributed by atoms with van der Waals surface area (Å²) in [5, 5.41) is 5.53. The van der Waals surface area contributed by atoms with Gasteiger partial charge < -0.3 is 10.6 Å². The fourth-order valence-electron chi connectivity index (χ4n) is 2.49. The maximum absolute atomic E-state index is 13.7. The molecule has 3 rings (SSSR count). The highest BCUT2D eigenvalue weighted by atomic mass is 19.1. The van der Waals surface area contributed by atoms with Gasteiger partial charge in [0.15, 0.2) is 0 Å². The zero-order valence-electron chi connectivity index (χ0n) is 15.1. The van der Waals surface area contributed by atoms with E-state index in [0.717, 1.165) is 23.4 Å². The monoisotopic (exact) mass is 368 g/mol. The molecule has 2 N–H and O–H groups in total. The van der Waals surface area contributed by atoms with Crippen molar-refractivity contribution in [2.75, 3.05) is 10.6 Å². The van der Waals surface area contributed by atoms with Crippen LogP contribution in [-0.4, -0.2) is 15.9 Å². The van der Waals surface area contributed by atoms with Gasteiger partial charge in [-0.05, 0) is 56.2 Å². The third-order valence-electron chi connectivity index (χ3n) is 4.03. The van der Waals surface area contributed by atoms with Crippen LogP contribution < -0.4 is 10.6 Å². The Hall–Kier alpha value is -3.35. The molecule has 3 aromatic rings. The van der Waals surface area contributed by atoms with E-state index in [1.165, 1.54) is 11.6 Å². The fourth-order valence-corrected chi connectivity index (χ4v) is 2.49. The number of carbonyl (C=O) groups excluding carboxylic acids is 1. The van der Waals surface area contributed by atoms with E-state index in [-0.39, 0.29) is 11.4 Å². The van der Waals surface area contributed by atoms with Gasteiger partial charge >= 0.3 is 0 Å². The first-order valence-electron chi connectivity index (χ1n) is 8.28. The first-order valence-corrected chi connectivity index (χ1v) is 8.28. The van der Waals surface area contributed by atoms with Crippen molar-refractivity contribution in [3.63, 3.8) is 0 Å². The standard InChI is InChI=1S/C20H18F2N4O/c1-11-4-6-15(8-12(11)2)25-19-10-18(23-13(3)24-19)20(27)26-17-7-5-14(21)9-16(17)22/h4-10H,1-3H3,(H,26,27)(H,23,24,25). The van der Waals surface area contributed by atoms with Crippen LogP contribution in [0.4, 0.5) is 26.0 Å². The molecule has 7 heteroatoms. The number of nitrogens with zero attached hydrogens (tertiary/aromatic N) is 2. The van der Waals surface area contributed by atoms with Crippen molar-refractivity contribution in [2.45, 2.75) is 20.8 Å². The second kappa shape index (κ2) is 7.49. The first kappa shape index (κ1) is 18.4. The van der Waals surface area contributed by atoms with Gasteiger partial charge in [0.05, 0.1) is 5.69 Å². The summed E-state index contributed by atoms with van der Waals surface area (Å²) in [5.41, 5.74) is 3.06. The molecule has 0 radical (unpaired) electrons. The van der Waals surface area contributed by atoms with E-state index in [1.54, 1.807) is 6.92 Å². The SMILES string of the molecule is Cc1nc(Nc2ccc(C)c(C)c2)cc(C(=O)Nc2ccc(F)cc2F)n1. The van der Waals surface area contributed by atoms with E-state index in [9.17, 15) is 13.6 Å². The van der Waals surface area contributed by atoms with Crippen LogP contribution in [0.25, 0.3) is 0 Å². The van der Waals surface area contributed by atoms with Gasteiger partial charge in [0.2, 0.25) is 0 Å². The summed E-state index contributed by atoms with van der Waals surface area (Å²) in [5.74, 6) is -1.37. The molecule has 2 aromatic carbocycles. The van der Waals surface area contributed by atoms with Gasteiger partial charge in [-0.2, -0.15) is 0 Å². The third-order valence-corrected chi connectivity index (χ3v) is 4.03. The summed E-state index contributed by atoms with van der Waals surface area (Å²) in [7, 11) is 0. The molecule has 0 fully saturated rings. The Balaban J connectivity index is 1.83. The lowest BCUT2D eigenvalue weighted by Crippen LogP contribution is -2.16. The van der Waals surface area contributed by atoms with Crippen molar-refractivity contribution in [1.29, 1.82) is 0 Å². The molecule has 0 aliphatic heterocycles. The number of hydrogen-bond acceptors (Lipinski definition) is 4. The number of carbonyl (C=O) groups is 1. The first-order chi connectivity index (χ1) is 12.8. The number of anilines is 3. The molecule has 0 saturated carbocycles. The number of aryl methyl sites for hydroxylation is 3. The van der Waals surface area contributed by atoms with E-state index in [1.807, 2.05) is 32.0 Å². The highest BCUT2D eigenvalue weighted by Crippen LogP contribution is 2.20. The Kier molecular flexibility index (Phi) is 5.12. The molecule has 0 bridgehead atoms. The Morgan fingerprint density at radius 3 is 2.41 bits per heavy atom. The van der Waals surface area contributed by atoms with Crippen LogP contribution in [0.2, 0.25) is 0 Å². The molecule has 27 heavy (non-hydrogen) atoms. The summed E-state index contributed by atoms with van der Waals surface area (Å²) in [6, 6.07) is 10.3. The molecule has 0 spiro atoms. The minimum Gasteiger partial charge on any atom is -0.340 e. The van der Waals surface area contributed by atoms with Gasteiger partial charge in [0, 0.05) is 17.8 Å². The number of rotatable bonds is 4. The Morgan fingerprint density at radius 2 is 1.70 bits per heavy atom. The van der Waals surface area contributed by atoms with Gasteiger partial charge in [-0.1, -0.05) is 6.07 Å². The molecule has 0 unspecified atom stereocenters. The smallest absolute Gasteiger partial charge is 0.274 e. The molecule has 0 aliphatic rings. The summed E-state index contributed by atoms with van der Waals surface area (Å²) in [4.78, 5) is 20.8. The highest BCUT2D eigenvalue weighted by molar-refractivity contribution is 6.03. The largest absolute Gasteiger partial charge is 0.340 e. The van der Waals surface area contributed by atoms with Crippen molar-refractivity contribution in [2.24, 2.45) is 0 Å². The molecule has 0 atom stereocenters. The molecule has 0 saturated heterocycles. The van der Waals surface area contributed by atoms with Gasteiger partial charge in [0.1, 0.15) is 29.0 Å². The van der Waals surface area contributed by atoms with E-state index in [2.05, 4.69) is 20.6 Å². The quantitative estimate of drug-likeness (QED) is 0.702. The van der Waals surface area contributed by atoms with E-state index in [0.29, 0.717) is 17.7 Å². The Morgan fingerprint density at radius 1 is 0.926 bits per heavy atom. The normalized spacial score (nSPS) is 10.6. The van der Waals surface area contributed by atoms with Crippen molar-refractivity contribution in [1.82, 2.24) is 9.97 Å². The van der Waals surface area contributed by atoms with Crippen LogP contribution >= 0.6 is 0 Å². The van der Waals surface area contributed by atoms with Gasteiger partial charge in [-0.15, -0.1) is 0 Å². The number of benzene rings is 2. The average molecular weight is 368 g/mol. The van der Waals surface area contributed by atoms with Crippen LogP contribution in [0.5, 0.6) is 0 Å². The molecule has 1 aromatic heterocycles. The second-order valence-corrected chi connectivity index (χ2v) is 6.19. The maximum Gasteiger partial charge on any atom is 0.274 e. The van der Waals surface area contributed by atoms with Crippen LogP contribution in [0, 0.1) is 32.4 Å². The minimum absolute atomic E-state index is 0.0672.